The van der Waals surface area contributed by atoms with Crippen LogP contribution in [0.3, 0.4) is 0 Å². The number of hydrogen-bond acceptors (Lipinski definition) is 10. The van der Waals surface area contributed by atoms with Gasteiger partial charge in [0.05, 0.1) is 36.1 Å². The van der Waals surface area contributed by atoms with Gasteiger partial charge >= 0.3 is 6.03 Å². The number of anilines is 4. The lowest BCUT2D eigenvalue weighted by atomic mass is 9.92. The zero-order valence-electron chi connectivity index (χ0n) is 32.2. The lowest BCUT2D eigenvalue weighted by Gasteiger charge is -2.32. The van der Waals surface area contributed by atoms with Crippen LogP contribution in [0.4, 0.5) is 27.9 Å². The molecule has 0 saturated carbocycles. The molecule has 14 heteroatoms. The van der Waals surface area contributed by atoms with E-state index in [1.807, 2.05) is 85.9 Å². The maximum absolute atomic E-state index is 13.6. The molecule has 0 spiro atoms. The highest BCUT2D eigenvalue weighted by Gasteiger charge is 2.23. The molecule has 3 N–H and O–H groups in total. The van der Waals surface area contributed by atoms with E-state index in [-0.39, 0.29) is 17.9 Å². The average Bonchev–Trinajstić information content (AvgIpc) is 3.63. The number of aromatic nitrogens is 5. The molecule has 0 unspecified atom stereocenters. The number of benzene rings is 3. The smallest absolute Gasteiger partial charge is 0.324 e. The Kier molecular flexibility index (Phi) is 11.2. The second-order valence-electron chi connectivity index (χ2n) is 14.8. The maximum Gasteiger partial charge on any atom is 0.324 e. The Balaban J connectivity index is 1.02. The Morgan fingerprint density at radius 2 is 1.57 bits per heavy atom. The molecular formula is C42H46N10O4. The van der Waals surface area contributed by atoms with Gasteiger partial charge in [0.1, 0.15) is 35.5 Å². The van der Waals surface area contributed by atoms with Crippen molar-refractivity contribution >= 4 is 45.9 Å². The molecular weight excluding hydrogens is 709 g/mol. The first-order chi connectivity index (χ1) is 27.0. The molecule has 1 fully saturated rings. The number of carbonyl (C=O) groups is 2. The molecule has 7 rings (SSSR count). The third-order valence-corrected chi connectivity index (χ3v) is 9.45. The summed E-state index contributed by atoms with van der Waals surface area (Å²) in [6.45, 7) is 9.99. The summed E-state index contributed by atoms with van der Waals surface area (Å²) in [6, 6.07) is 24.6. The van der Waals surface area contributed by atoms with Crippen LogP contribution in [0.2, 0.25) is 0 Å². The Bertz CT molecular complexity index is 2330. The van der Waals surface area contributed by atoms with Gasteiger partial charge in [0, 0.05) is 61.7 Å². The normalized spacial score (nSPS) is 13.4. The number of ether oxygens (including phenoxy) is 2. The van der Waals surface area contributed by atoms with Gasteiger partial charge in [0.15, 0.2) is 0 Å². The van der Waals surface area contributed by atoms with E-state index in [1.54, 1.807) is 22.9 Å². The van der Waals surface area contributed by atoms with Gasteiger partial charge in [0.2, 0.25) is 0 Å². The third kappa shape index (κ3) is 8.94. The molecule has 0 radical (unpaired) electrons. The molecule has 288 valence electrons. The van der Waals surface area contributed by atoms with Crippen LogP contribution in [0.25, 0.3) is 16.5 Å². The zero-order valence-corrected chi connectivity index (χ0v) is 32.2. The fourth-order valence-electron chi connectivity index (χ4n) is 6.35. The minimum absolute atomic E-state index is 0.118. The molecule has 1 aliphatic rings. The molecule has 0 aliphatic carbocycles. The molecule has 0 bridgehead atoms. The summed E-state index contributed by atoms with van der Waals surface area (Å²) >= 11 is 0. The largest absolute Gasteiger partial charge is 0.488 e. The van der Waals surface area contributed by atoms with Crippen LogP contribution in [0.15, 0.2) is 97.5 Å². The molecule has 3 aromatic carbocycles. The number of pyridine rings is 1. The van der Waals surface area contributed by atoms with Crippen LogP contribution in [0, 0.1) is 0 Å². The van der Waals surface area contributed by atoms with Gasteiger partial charge in [-0.1, -0.05) is 57.2 Å². The van der Waals surface area contributed by atoms with Gasteiger partial charge < -0.3 is 29.9 Å². The third-order valence-electron chi connectivity index (χ3n) is 9.45. The predicted octanol–water partition coefficient (Wildman–Crippen LogP) is 7.01. The first kappa shape index (κ1) is 37.9. The quantitative estimate of drug-likeness (QED) is 0.126. The first-order valence-electron chi connectivity index (χ1n) is 18.5. The number of hydrogen-bond donors (Lipinski definition) is 3. The zero-order chi connectivity index (χ0) is 39.2. The number of nitrogens with zero attached hydrogens (tertiary/aromatic N) is 7. The molecule has 4 heterocycles. The fourth-order valence-corrected chi connectivity index (χ4v) is 6.35. The van der Waals surface area contributed by atoms with Crippen molar-refractivity contribution in [3.8, 4) is 11.4 Å². The number of fused-ring (bicyclic) bond motifs is 1. The summed E-state index contributed by atoms with van der Waals surface area (Å²) in [5.41, 5.74) is 4.22. The van der Waals surface area contributed by atoms with Gasteiger partial charge in [-0.15, -0.1) is 0 Å². The van der Waals surface area contributed by atoms with Crippen molar-refractivity contribution in [2.45, 2.75) is 39.4 Å². The second-order valence-corrected chi connectivity index (χ2v) is 14.8. The van der Waals surface area contributed by atoms with E-state index in [1.165, 1.54) is 12.4 Å². The topological polar surface area (TPSA) is 152 Å². The number of urea groups is 1. The molecule has 56 heavy (non-hydrogen) atoms. The number of piperazine rings is 1. The van der Waals surface area contributed by atoms with E-state index in [0.29, 0.717) is 54.3 Å². The predicted molar refractivity (Wildman–Crippen MR) is 217 cm³/mol. The molecule has 14 nitrogen and oxygen atoms in total. The molecule has 6 aromatic rings. The number of nitrogens with one attached hydrogen (secondary N) is 3. The molecule has 1 aliphatic heterocycles. The summed E-state index contributed by atoms with van der Waals surface area (Å²) in [6.07, 6.45) is 4.72. The summed E-state index contributed by atoms with van der Waals surface area (Å²) in [5, 5.41) is 15.7. The Labute approximate surface area is 325 Å². The minimum atomic E-state index is -0.406. The Hall–Kier alpha value is -6.38. The van der Waals surface area contributed by atoms with Crippen molar-refractivity contribution in [3.63, 3.8) is 0 Å². The SMILES string of the molecule is COCc1cccc(-n2nc(C(C)(C)C)cc2NC(=O)Nc2ccc(OCc3ccnc(Nc4cnc(C(=O)N5CCN(C)CC5)cn4)c3)c3ccccc23)c1. The van der Waals surface area contributed by atoms with Crippen LogP contribution < -0.4 is 20.7 Å². The highest BCUT2D eigenvalue weighted by Crippen LogP contribution is 2.33. The summed E-state index contributed by atoms with van der Waals surface area (Å²) < 4.78 is 13.4. The minimum Gasteiger partial charge on any atom is -0.488 e. The van der Waals surface area contributed by atoms with Crippen LogP contribution in [-0.4, -0.2) is 86.8 Å². The van der Waals surface area contributed by atoms with Crippen LogP contribution in [0.1, 0.15) is 48.1 Å². The van der Waals surface area contributed by atoms with Crippen LogP contribution in [0.5, 0.6) is 5.75 Å². The number of rotatable bonds is 11. The van der Waals surface area contributed by atoms with E-state index < -0.39 is 6.03 Å². The summed E-state index contributed by atoms with van der Waals surface area (Å²) in [7, 11) is 3.71. The van der Waals surface area contributed by atoms with Gasteiger partial charge in [0.25, 0.3) is 5.91 Å². The Morgan fingerprint density at radius 3 is 2.32 bits per heavy atom. The van der Waals surface area contributed by atoms with E-state index in [4.69, 9.17) is 14.6 Å². The van der Waals surface area contributed by atoms with Gasteiger partial charge in [-0.2, -0.15) is 5.10 Å². The van der Waals surface area contributed by atoms with Crippen molar-refractivity contribution in [1.29, 1.82) is 0 Å². The number of methoxy groups -OCH3 is 1. The van der Waals surface area contributed by atoms with Crippen molar-refractivity contribution in [1.82, 2.24) is 34.5 Å². The highest BCUT2D eigenvalue weighted by molar-refractivity contribution is 6.07. The van der Waals surface area contributed by atoms with Crippen molar-refractivity contribution in [2.24, 2.45) is 0 Å². The molecule has 1 saturated heterocycles. The van der Waals surface area contributed by atoms with Crippen molar-refractivity contribution in [2.75, 3.05) is 56.3 Å². The Morgan fingerprint density at radius 1 is 0.786 bits per heavy atom. The monoisotopic (exact) mass is 754 g/mol. The van der Waals surface area contributed by atoms with Crippen LogP contribution >= 0.6 is 0 Å². The van der Waals surface area contributed by atoms with Gasteiger partial charge in [-0.25, -0.2) is 24.4 Å². The average molecular weight is 755 g/mol. The first-order valence-corrected chi connectivity index (χ1v) is 18.5. The second kappa shape index (κ2) is 16.6. The lowest BCUT2D eigenvalue weighted by Crippen LogP contribution is -2.47. The van der Waals surface area contributed by atoms with Crippen molar-refractivity contribution < 1.29 is 19.1 Å². The highest BCUT2D eigenvalue weighted by atomic mass is 16.5. The fraction of sp³-hybridized carbons (Fsp3) is 0.286. The number of likely N-dealkylation sites (N-methyl/N-ethyl adjacent to an activating group) is 1. The van der Waals surface area contributed by atoms with Gasteiger partial charge in [-0.05, 0) is 54.6 Å². The summed E-state index contributed by atoms with van der Waals surface area (Å²) in [5.74, 6) is 2.12. The van der Waals surface area contributed by atoms with E-state index in [0.717, 1.165) is 46.4 Å². The summed E-state index contributed by atoms with van der Waals surface area (Å²) in [4.78, 5) is 43.6. The lowest BCUT2D eigenvalue weighted by molar-refractivity contribution is 0.0657. The van der Waals surface area contributed by atoms with E-state index >= 15 is 0 Å². The number of amides is 3. The van der Waals surface area contributed by atoms with E-state index in [2.05, 4.69) is 56.6 Å². The maximum atomic E-state index is 13.6. The van der Waals surface area contributed by atoms with E-state index in [9.17, 15) is 9.59 Å². The van der Waals surface area contributed by atoms with Gasteiger partial charge in [-0.3, -0.25) is 10.1 Å². The molecule has 3 aromatic heterocycles. The standard InChI is InChI=1S/C42H46N10O4/c1-42(2,3)36-23-39(52(49-36)30-10-8-9-28(21-30)26-55-5)48-41(54)46-33-13-14-35(32-12-7-6-11-31(32)33)56-27-29-15-16-43-37(22-29)47-38-25-44-34(24-45-38)40(53)51-19-17-50(4)18-20-51/h6-16,21-25H,17-20,26-27H2,1-5H3,(H,43,45,47)(H2,46,48,54). The van der Waals surface area contributed by atoms with Crippen LogP contribution in [-0.2, 0) is 23.4 Å². The van der Waals surface area contributed by atoms with Crippen molar-refractivity contribution in [3.05, 3.63) is 120 Å². The molecule has 3 amide bonds. The molecule has 0 atom stereocenters. The number of carbonyl (C=O) groups excluding carboxylic acids is 2.